The van der Waals surface area contributed by atoms with Gasteiger partial charge in [0.1, 0.15) is 0 Å². The van der Waals surface area contributed by atoms with Crippen molar-refractivity contribution in [3.8, 4) is 11.7 Å². The van der Waals surface area contributed by atoms with Crippen LogP contribution in [0.15, 0.2) is 42.6 Å². The summed E-state index contributed by atoms with van der Waals surface area (Å²) in [6, 6.07) is 8.78. The molecule has 34 heavy (non-hydrogen) atoms. The molecule has 1 fully saturated rings. The van der Waals surface area contributed by atoms with E-state index in [1.165, 1.54) is 18.3 Å². The first kappa shape index (κ1) is 23.7. The summed E-state index contributed by atoms with van der Waals surface area (Å²) < 4.78 is 45.7. The Balaban J connectivity index is 1.37. The second-order valence-electron chi connectivity index (χ2n) is 7.98. The molecular formula is C23H25F3N6O2. The normalized spacial score (nSPS) is 14.9. The number of alkyl halides is 3. The SMILES string of the molecule is CCOc1ccc(-n2ncc(C(=O)N3CCN(Cc4cccc(C(F)(F)F)c4)CC3)c2C)nn1. The summed E-state index contributed by atoms with van der Waals surface area (Å²) in [7, 11) is 0. The number of carbonyl (C=O) groups excluding carboxylic acids is 1. The zero-order valence-electron chi connectivity index (χ0n) is 18.9. The molecule has 0 aliphatic carbocycles. The fourth-order valence-corrected chi connectivity index (χ4v) is 3.88. The highest BCUT2D eigenvalue weighted by Gasteiger charge is 2.31. The summed E-state index contributed by atoms with van der Waals surface area (Å²) in [4.78, 5) is 16.9. The minimum Gasteiger partial charge on any atom is -0.477 e. The Hall–Kier alpha value is -3.47. The lowest BCUT2D eigenvalue weighted by atomic mass is 10.1. The molecule has 0 spiro atoms. The first-order valence-electron chi connectivity index (χ1n) is 11.0. The van der Waals surface area contributed by atoms with Crippen molar-refractivity contribution in [3.05, 3.63) is 65.0 Å². The maximum absolute atomic E-state index is 13.1. The maximum Gasteiger partial charge on any atom is 0.416 e. The Morgan fingerprint density at radius 3 is 2.50 bits per heavy atom. The molecular weight excluding hydrogens is 449 g/mol. The van der Waals surface area contributed by atoms with Gasteiger partial charge in [-0.3, -0.25) is 9.69 Å². The zero-order valence-corrected chi connectivity index (χ0v) is 18.9. The van der Waals surface area contributed by atoms with Gasteiger partial charge < -0.3 is 9.64 Å². The number of hydrogen-bond donors (Lipinski definition) is 0. The van der Waals surface area contributed by atoms with Crippen molar-refractivity contribution in [2.75, 3.05) is 32.8 Å². The predicted molar refractivity (Wildman–Crippen MR) is 118 cm³/mol. The molecule has 3 heterocycles. The van der Waals surface area contributed by atoms with Crippen molar-refractivity contribution in [3.63, 3.8) is 0 Å². The molecule has 180 valence electrons. The topological polar surface area (TPSA) is 76.4 Å². The van der Waals surface area contributed by atoms with E-state index in [1.807, 2.05) is 11.8 Å². The van der Waals surface area contributed by atoms with Gasteiger partial charge in [0.15, 0.2) is 5.82 Å². The van der Waals surface area contributed by atoms with Crippen molar-refractivity contribution in [2.24, 2.45) is 0 Å². The van der Waals surface area contributed by atoms with Crippen LogP contribution in [-0.2, 0) is 12.7 Å². The Kier molecular flexibility index (Phi) is 6.82. The van der Waals surface area contributed by atoms with Gasteiger partial charge in [-0.15, -0.1) is 10.2 Å². The molecule has 0 bridgehead atoms. The fraction of sp³-hybridized carbons (Fsp3) is 0.391. The second kappa shape index (κ2) is 9.80. The van der Waals surface area contributed by atoms with Crippen LogP contribution in [0.25, 0.3) is 5.82 Å². The Morgan fingerprint density at radius 1 is 1.09 bits per heavy atom. The lowest BCUT2D eigenvalue weighted by molar-refractivity contribution is -0.137. The molecule has 1 amide bonds. The highest BCUT2D eigenvalue weighted by atomic mass is 19.4. The number of carbonyl (C=O) groups is 1. The summed E-state index contributed by atoms with van der Waals surface area (Å²) >= 11 is 0. The first-order valence-corrected chi connectivity index (χ1v) is 11.0. The van der Waals surface area contributed by atoms with Gasteiger partial charge in [-0.25, -0.2) is 4.68 Å². The molecule has 0 saturated carbocycles. The van der Waals surface area contributed by atoms with Crippen LogP contribution in [0.1, 0.15) is 34.1 Å². The van der Waals surface area contributed by atoms with Crippen LogP contribution in [0.2, 0.25) is 0 Å². The van der Waals surface area contributed by atoms with Gasteiger partial charge in [0.25, 0.3) is 5.91 Å². The van der Waals surface area contributed by atoms with Crippen molar-refractivity contribution >= 4 is 5.91 Å². The molecule has 2 aromatic heterocycles. The molecule has 1 aliphatic rings. The maximum atomic E-state index is 13.1. The van der Waals surface area contributed by atoms with E-state index in [0.717, 1.165) is 6.07 Å². The van der Waals surface area contributed by atoms with E-state index < -0.39 is 11.7 Å². The minimum absolute atomic E-state index is 0.138. The van der Waals surface area contributed by atoms with Crippen molar-refractivity contribution < 1.29 is 22.7 Å². The number of halogens is 3. The Labute approximate surface area is 194 Å². The summed E-state index contributed by atoms with van der Waals surface area (Å²) in [6.45, 7) is 6.63. The molecule has 3 aromatic rings. The summed E-state index contributed by atoms with van der Waals surface area (Å²) in [5.74, 6) is 0.752. The molecule has 4 rings (SSSR count). The third-order valence-electron chi connectivity index (χ3n) is 5.70. The number of hydrogen-bond acceptors (Lipinski definition) is 6. The lowest BCUT2D eigenvalue weighted by Crippen LogP contribution is -2.48. The number of rotatable bonds is 6. The van der Waals surface area contributed by atoms with Crippen LogP contribution in [0, 0.1) is 6.92 Å². The highest BCUT2D eigenvalue weighted by Crippen LogP contribution is 2.30. The van der Waals surface area contributed by atoms with Gasteiger partial charge >= 0.3 is 6.18 Å². The predicted octanol–water partition coefficient (Wildman–Crippen LogP) is 3.35. The first-order chi connectivity index (χ1) is 16.3. The van der Waals surface area contributed by atoms with Gasteiger partial charge in [-0.05, 0) is 31.5 Å². The van der Waals surface area contributed by atoms with E-state index in [2.05, 4.69) is 15.3 Å². The standard InChI is InChI=1S/C23H25F3N6O2/c1-3-34-21-8-7-20(28-29-21)32-16(2)19(14-27-32)22(33)31-11-9-30(10-12-31)15-17-5-4-6-18(13-17)23(24,25)26/h4-8,13-14H,3,9-12,15H2,1-2H3. The van der Waals surface area contributed by atoms with E-state index in [4.69, 9.17) is 4.74 Å². The minimum atomic E-state index is -4.36. The van der Waals surface area contributed by atoms with E-state index >= 15 is 0 Å². The molecule has 1 saturated heterocycles. The lowest BCUT2D eigenvalue weighted by Gasteiger charge is -2.34. The monoisotopic (exact) mass is 474 g/mol. The van der Waals surface area contributed by atoms with Gasteiger partial charge in [-0.1, -0.05) is 18.2 Å². The van der Waals surface area contributed by atoms with E-state index in [9.17, 15) is 18.0 Å². The molecule has 0 radical (unpaired) electrons. The smallest absolute Gasteiger partial charge is 0.416 e. The number of ether oxygens (including phenoxy) is 1. The van der Waals surface area contributed by atoms with Gasteiger partial charge in [0, 0.05) is 38.8 Å². The van der Waals surface area contributed by atoms with Crippen LogP contribution < -0.4 is 4.74 Å². The van der Waals surface area contributed by atoms with Crippen LogP contribution in [0.4, 0.5) is 13.2 Å². The Bertz CT molecular complexity index is 1140. The number of benzene rings is 1. The molecule has 8 nitrogen and oxygen atoms in total. The van der Waals surface area contributed by atoms with E-state index in [1.54, 1.807) is 34.7 Å². The van der Waals surface area contributed by atoms with Gasteiger partial charge in [0.05, 0.1) is 29.6 Å². The van der Waals surface area contributed by atoms with Gasteiger partial charge in [0.2, 0.25) is 5.88 Å². The summed E-state index contributed by atoms with van der Waals surface area (Å²) in [6.07, 6.45) is -2.84. The molecule has 0 N–H and O–H groups in total. The zero-order chi connectivity index (χ0) is 24.3. The van der Waals surface area contributed by atoms with E-state index in [0.29, 0.717) is 67.8 Å². The van der Waals surface area contributed by atoms with Crippen LogP contribution in [0.3, 0.4) is 0 Å². The molecule has 1 aliphatic heterocycles. The van der Waals surface area contributed by atoms with Crippen LogP contribution in [0.5, 0.6) is 5.88 Å². The van der Waals surface area contributed by atoms with Crippen molar-refractivity contribution in [1.29, 1.82) is 0 Å². The highest BCUT2D eigenvalue weighted by molar-refractivity contribution is 5.95. The summed E-state index contributed by atoms with van der Waals surface area (Å²) in [5, 5.41) is 12.4. The quantitative estimate of drug-likeness (QED) is 0.546. The number of nitrogens with zero attached hydrogens (tertiary/aromatic N) is 6. The third kappa shape index (κ3) is 5.19. The molecule has 1 aromatic carbocycles. The Morgan fingerprint density at radius 2 is 1.85 bits per heavy atom. The average molecular weight is 474 g/mol. The molecule has 0 atom stereocenters. The van der Waals surface area contributed by atoms with Crippen molar-refractivity contribution in [1.82, 2.24) is 29.8 Å². The number of amides is 1. The summed E-state index contributed by atoms with van der Waals surface area (Å²) in [5.41, 5.74) is 1.07. The second-order valence-corrected chi connectivity index (χ2v) is 7.98. The van der Waals surface area contributed by atoms with Gasteiger partial charge in [-0.2, -0.15) is 18.3 Å². The average Bonchev–Trinajstić information content (AvgIpc) is 3.21. The van der Waals surface area contributed by atoms with Crippen LogP contribution >= 0.6 is 0 Å². The number of piperazine rings is 1. The van der Waals surface area contributed by atoms with Crippen molar-refractivity contribution in [2.45, 2.75) is 26.6 Å². The molecule has 11 heteroatoms. The fourth-order valence-electron chi connectivity index (χ4n) is 3.88. The number of aromatic nitrogens is 4. The third-order valence-corrected chi connectivity index (χ3v) is 5.70. The van der Waals surface area contributed by atoms with E-state index in [-0.39, 0.29) is 5.91 Å². The largest absolute Gasteiger partial charge is 0.477 e. The van der Waals surface area contributed by atoms with Crippen LogP contribution in [-0.4, -0.2) is 68.5 Å². The molecule has 0 unspecified atom stereocenters.